The van der Waals surface area contributed by atoms with Crippen LogP contribution < -0.4 is 20.3 Å². The van der Waals surface area contributed by atoms with Crippen LogP contribution >= 0.6 is 11.6 Å². The number of hydrogen-bond acceptors (Lipinski definition) is 9. The van der Waals surface area contributed by atoms with E-state index in [2.05, 4.69) is 25.0 Å². The van der Waals surface area contributed by atoms with Gasteiger partial charge in [0.05, 0.1) is 28.3 Å². The van der Waals surface area contributed by atoms with Gasteiger partial charge in [0.2, 0.25) is 6.10 Å². The van der Waals surface area contributed by atoms with Gasteiger partial charge in [0.15, 0.2) is 5.82 Å². The summed E-state index contributed by atoms with van der Waals surface area (Å²) in [4.78, 5) is 51.5. The molecule has 0 radical (unpaired) electrons. The second-order valence-corrected chi connectivity index (χ2v) is 9.88. The molecule has 0 saturated heterocycles. The lowest BCUT2D eigenvalue weighted by atomic mass is 10.2. The molecule has 0 saturated carbocycles. The van der Waals surface area contributed by atoms with Crippen LogP contribution in [-0.2, 0) is 20.8 Å². The number of benzene rings is 2. The predicted octanol–water partition coefficient (Wildman–Crippen LogP) is 3.90. The number of rotatable bonds is 10. The normalized spacial score (nSPS) is 12.3. The summed E-state index contributed by atoms with van der Waals surface area (Å²) in [6.45, 7) is 1.88. The maximum atomic E-state index is 13.9. The summed E-state index contributed by atoms with van der Waals surface area (Å²) in [5.41, 5.74) is 0.144. The van der Waals surface area contributed by atoms with E-state index in [1.54, 1.807) is 31.2 Å². The van der Waals surface area contributed by atoms with Gasteiger partial charge >= 0.3 is 5.97 Å². The quantitative estimate of drug-likeness (QED) is 0.154. The number of carbonyl (C=O) groups is 2. The maximum absolute atomic E-state index is 13.9. The van der Waals surface area contributed by atoms with Crippen LogP contribution in [0.5, 0.6) is 5.75 Å². The van der Waals surface area contributed by atoms with Gasteiger partial charge in [0.1, 0.15) is 17.2 Å². The summed E-state index contributed by atoms with van der Waals surface area (Å²) in [7, 11) is 0. The van der Waals surface area contributed by atoms with E-state index in [0.717, 1.165) is 4.57 Å². The number of H-pyrrole nitrogens is 1. The molecule has 3 N–H and O–H groups in total. The lowest BCUT2D eigenvalue weighted by molar-refractivity contribution is -0.123. The van der Waals surface area contributed by atoms with Crippen molar-refractivity contribution in [3.63, 3.8) is 0 Å². The first-order chi connectivity index (χ1) is 20.7. The van der Waals surface area contributed by atoms with E-state index in [4.69, 9.17) is 21.1 Å². The Hall–Kier alpha value is -5.05. The van der Waals surface area contributed by atoms with Crippen molar-refractivity contribution in [3.05, 3.63) is 106 Å². The Labute approximate surface area is 251 Å². The number of carbonyl (C=O) groups excluding carboxylic acids is 2. The Morgan fingerprint density at radius 2 is 1.93 bits per heavy atom. The average Bonchev–Trinajstić information content (AvgIpc) is 3.47. The number of pyridine rings is 1. The zero-order valence-corrected chi connectivity index (χ0v) is 23.8. The topological polar surface area (TPSA) is 180 Å². The summed E-state index contributed by atoms with van der Waals surface area (Å²) >= 11 is 3.68. The third-order valence-electron chi connectivity index (χ3n) is 6.01. The van der Waals surface area contributed by atoms with Crippen LogP contribution in [0.1, 0.15) is 29.2 Å². The van der Waals surface area contributed by atoms with Gasteiger partial charge in [-0.15, -0.1) is 0 Å². The lowest BCUT2D eigenvalue weighted by Gasteiger charge is -2.22. The summed E-state index contributed by atoms with van der Waals surface area (Å²) < 4.78 is 36.8. The van der Waals surface area contributed by atoms with E-state index < -0.39 is 34.8 Å². The minimum absolute atomic E-state index is 0.0565. The minimum atomic E-state index is -2.62. The Balaban J connectivity index is 1.62. The number of nitrogens with zero attached hydrogens (tertiary/aromatic N) is 3. The summed E-state index contributed by atoms with van der Waals surface area (Å²) in [5.74, 6) is -1.13. The monoisotopic (exact) mass is 621 g/mol. The average molecular weight is 622 g/mol. The number of fused-ring (bicyclic) bond motifs is 1. The fourth-order valence-corrected chi connectivity index (χ4v) is 4.60. The molecule has 15 heteroatoms. The predicted molar refractivity (Wildman–Crippen MR) is 158 cm³/mol. The molecule has 43 heavy (non-hydrogen) atoms. The Kier molecular flexibility index (Phi) is 8.80. The van der Waals surface area contributed by atoms with E-state index in [9.17, 15) is 23.1 Å². The zero-order chi connectivity index (χ0) is 30.5. The number of aromatic nitrogens is 4. The van der Waals surface area contributed by atoms with Gasteiger partial charge in [-0.2, -0.15) is 0 Å². The number of halogens is 1. The Morgan fingerprint density at radius 1 is 1.14 bits per heavy atom. The highest BCUT2D eigenvalue weighted by Gasteiger charge is 2.31. The molecule has 5 aromatic rings. The second-order valence-electron chi connectivity index (χ2n) is 8.80. The molecular formula is C28H22ClN6O7S-. The van der Waals surface area contributed by atoms with Crippen molar-refractivity contribution in [2.45, 2.75) is 13.0 Å². The number of hydrogen-bond donors (Lipinski definition) is 3. The van der Waals surface area contributed by atoms with E-state index in [1.807, 2.05) is 0 Å². The lowest BCUT2D eigenvalue weighted by Crippen LogP contribution is -2.34. The van der Waals surface area contributed by atoms with Crippen molar-refractivity contribution in [3.8, 4) is 11.6 Å². The molecule has 3 heterocycles. The van der Waals surface area contributed by atoms with Crippen LogP contribution in [0.15, 0.2) is 83.9 Å². The molecular weight excluding hydrogens is 600 g/mol. The van der Waals surface area contributed by atoms with E-state index in [0.29, 0.717) is 0 Å². The molecule has 0 aliphatic rings. The molecule has 2 unspecified atom stereocenters. The molecule has 0 aliphatic heterocycles. The number of aromatic amines is 1. The van der Waals surface area contributed by atoms with Crippen LogP contribution in [0.25, 0.3) is 16.9 Å². The molecule has 0 fully saturated rings. The van der Waals surface area contributed by atoms with Gasteiger partial charge < -0.3 is 29.0 Å². The van der Waals surface area contributed by atoms with Gasteiger partial charge in [0, 0.05) is 29.3 Å². The van der Waals surface area contributed by atoms with Crippen molar-refractivity contribution in [1.82, 2.24) is 19.5 Å². The number of esters is 1. The zero-order valence-electron chi connectivity index (χ0n) is 22.3. The Morgan fingerprint density at radius 3 is 2.63 bits per heavy atom. The highest BCUT2D eigenvalue weighted by molar-refractivity contribution is 7.80. The highest BCUT2D eigenvalue weighted by atomic mass is 35.5. The van der Waals surface area contributed by atoms with E-state index >= 15 is 0 Å². The molecule has 0 bridgehead atoms. The maximum Gasteiger partial charge on any atom is 0.338 e. The van der Waals surface area contributed by atoms with Gasteiger partial charge in [-0.1, -0.05) is 17.7 Å². The molecule has 220 valence electrons. The summed E-state index contributed by atoms with van der Waals surface area (Å²) in [6, 6.07) is 16.4. The largest absolute Gasteiger partial charge is 0.755 e. The number of nitrogens with one attached hydrogen (secondary N) is 3. The third kappa shape index (κ3) is 6.56. The fraction of sp³-hybridized carbons (Fsp3) is 0.107. The molecule has 13 nitrogen and oxygen atoms in total. The van der Waals surface area contributed by atoms with E-state index in [-0.39, 0.29) is 57.0 Å². The molecule has 2 aromatic carbocycles. The standard InChI is InChI=1S/C28H23ClN6O7S/c1-2-41-28(38)16-6-9-18(10-7-16)42-23(26(36)32-21-15-17(34-43(39)40)8-11-20(21)29)25-33-24-19(12-14-31-24)27(37)35(25)22-5-3-4-13-30-22/h3-15,23,31,34H,2H2,1H3,(H,32,36)(H,39,40)/p-1. The van der Waals surface area contributed by atoms with Gasteiger partial charge in [-0.05, 0) is 67.6 Å². The Bertz CT molecular complexity index is 1880. The van der Waals surface area contributed by atoms with Gasteiger partial charge in [-0.3, -0.25) is 13.8 Å². The summed E-state index contributed by atoms with van der Waals surface area (Å²) in [5, 5.41) is 2.98. The molecule has 3 aromatic heterocycles. The first-order valence-electron chi connectivity index (χ1n) is 12.7. The smallest absolute Gasteiger partial charge is 0.338 e. The van der Waals surface area contributed by atoms with Crippen LogP contribution in [0, 0.1) is 0 Å². The number of anilines is 2. The van der Waals surface area contributed by atoms with Crippen LogP contribution in [-0.4, -0.2) is 46.8 Å². The van der Waals surface area contributed by atoms with Crippen LogP contribution in [0.3, 0.4) is 0 Å². The minimum Gasteiger partial charge on any atom is -0.755 e. The number of amides is 1. The van der Waals surface area contributed by atoms with Crippen molar-refractivity contribution in [1.29, 1.82) is 0 Å². The summed E-state index contributed by atoms with van der Waals surface area (Å²) in [6.07, 6.45) is 1.43. The first kappa shape index (κ1) is 29.4. The fourth-order valence-electron chi connectivity index (χ4n) is 4.12. The third-order valence-corrected chi connectivity index (χ3v) is 6.74. The van der Waals surface area contributed by atoms with Crippen molar-refractivity contribution in [2.24, 2.45) is 0 Å². The van der Waals surface area contributed by atoms with Crippen molar-refractivity contribution < 1.29 is 27.8 Å². The molecule has 0 spiro atoms. The molecule has 5 rings (SSSR count). The highest BCUT2D eigenvalue weighted by Crippen LogP contribution is 2.29. The molecule has 2 atom stereocenters. The first-order valence-corrected chi connectivity index (χ1v) is 14.1. The SMILES string of the molecule is CCOC(=O)c1ccc(OC(C(=O)Nc2cc(NS(=O)[O-])ccc2Cl)c2nc3[nH]ccc3c(=O)n2-c2ccccn2)cc1. The van der Waals surface area contributed by atoms with Crippen molar-refractivity contribution >= 4 is 57.2 Å². The number of ether oxygens (including phenoxy) is 2. The van der Waals surface area contributed by atoms with Crippen molar-refractivity contribution in [2.75, 3.05) is 16.6 Å². The van der Waals surface area contributed by atoms with E-state index in [1.165, 1.54) is 54.9 Å². The van der Waals surface area contributed by atoms with Crippen LogP contribution in [0.2, 0.25) is 5.02 Å². The van der Waals surface area contributed by atoms with Crippen LogP contribution in [0.4, 0.5) is 11.4 Å². The van der Waals surface area contributed by atoms with Gasteiger partial charge in [-0.25, -0.2) is 19.3 Å². The second kappa shape index (κ2) is 12.9. The van der Waals surface area contributed by atoms with Gasteiger partial charge in [0.25, 0.3) is 11.5 Å². The molecule has 1 amide bonds. The molecule has 0 aliphatic carbocycles.